The second-order valence-electron chi connectivity index (χ2n) is 4.94. The van der Waals surface area contributed by atoms with Gasteiger partial charge in [-0.1, -0.05) is 0 Å². The van der Waals surface area contributed by atoms with Crippen molar-refractivity contribution >= 4 is 16.2 Å². The van der Waals surface area contributed by atoms with Gasteiger partial charge in [0.1, 0.15) is 6.04 Å². The predicted molar refractivity (Wildman–Crippen MR) is 74.6 cm³/mol. The molecule has 0 radical (unpaired) electrons. The molecule has 4 N–H and O–H groups in total. The van der Waals surface area contributed by atoms with Gasteiger partial charge < -0.3 is 15.4 Å². The number of rotatable bonds is 6. The Morgan fingerprint density at radius 2 is 2.14 bits per heavy atom. The van der Waals surface area contributed by atoms with Crippen LogP contribution in [0.25, 0.3) is 0 Å². The Kier molecular flexibility index (Phi) is 4.93. The third kappa shape index (κ3) is 4.00. The molecule has 1 aliphatic rings. The first-order valence-electron chi connectivity index (χ1n) is 6.60. The Morgan fingerprint density at radius 1 is 1.48 bits per heavy atom. The number of carboxylic acid groups (broad SMARTS) is 1. The van der Waals surface area contributed by atoms with Crippen molar-refractivity contribution in [2.24, 2.45) is 5.73 Å². The molecule has 1 aliphatic heterocycles. The average Bonchev–Trinajstić information content (AvgIpc) is 2.99. The van der Waals surface area contributed by atoms with Crippen LogP contribution in [0.2, 0.25) is 0 Å². The zero-order valence-electron chi connectivity index (χ0n) is 11.4. The number of hydrogen-bond acceptors (Lipinski definition) is 5. The van der Waals surface area contributed by atoms with Crippen LogP contribution in [0.1, 0.15) is 18.9 Å². The summed E-state index contributed by atoms with van der Waals surface area (Å²) in [5.74, 6) is -1.24. The van der Waals surface area contributed by atoms with Crippen LogP contribution in [0, 0.1) is 0 Å². The molecule has 2 heterocycles. The maximum Gasteiger partial charge on any atom is 0.321 e. The van der Waals surface area contributed by atoms with Crippen LogP contribution in [0.15, 0.2) is 18.7 Å². The van der Waals surface area contributed by atoms with Crippen LogP contribution in [0.5, 0.6) is 0 Å². The topological polar surface area (TPSA) is 131 Å². The minimum atomic E-state index is -3.69. The first-order chi connectivity index (χ1) is 9.90. The van der Waals surface area contributed by atoms with Gasteiger partial charge in [0.15, 0.2) is 0 Å². The lowest BCUT2D eigenvalue weighted by atomic mass is 10.1. The summed E-state index contributed by atoms with van der Waals surface area (Å²) in [5.41, 5.74) is 5.28. The molecule has 1 saturated heterocycles. The van der Waals surface area contributed by atoms with Crippen molar-refractivity contribution in [1.82, 2.24) is 18.6 Å². The van der Waals surface area contributed by atoms with Gasteiger partial charge in [-0.15, -0.1) is 0 Å². The van der Waals surface area contributed by atoms with E-state index in [2.05, 4.69) is 9.71 Å². The number of aromatic nitrogens is 2. The molecule has 0 unspecified atom stereocenters. The molecule has 10 heteroatoms. The molecule has 1 fully saturated rings. The van der Waals surface area contributed by atoms with Gasteiger partial charge in [-0.2, -0.15) is 17.4 Å². The van der Waals surface area contributed by atoms with Crippen LogP contribution in [0.3, 0.4) is 0 Å². The average molecular weight is 317 g/mol. The SMILES string of the molecule is N[C@@H](CNS(=O)(=O)N1CCC(n2ccnc2)CC1)C(=O)O. The Balaban J connectivity index is 1.87. The number of aliphatic carboxylic acids is 1. The summed E-state index contributed by atoms with van der Waals surface area (Å²) < 4.78 is 29.6. The largest absolute Gasteiger partial charge is 0.480 e. The molecule has 21 heavy (non-hydrogen) atoms. The van der Waals surface area contributed by atoms with Crippen molar-refractivity contribution in [3.8, 4) is 0 Å². The normalized spacial score (nSPS) is 19.5. The quantitative estimate of drug-likeness (QED) is 0.602. The molecule has 0 amide bonds. The second-order valence-corrected chi connectivity index (χ2v) is 6.69. The molecule has 9 nitrogen and oxygen atoms in total. The maximum atomic E-state index is 12.1. The van der Waals surface area contributed by atoms with E-state index in [1.807, 2.05) is 10.8 Å². The molecule has 1 aromatic rings. The Morgan fingerprint density at radius 3 is 2.67 bits per heavy atom. The van der Waals surface area contributed by atoms with Crippen LogP contribution in [0.4, 0.5) is 0 Å². The second kappa shape index (κ2) is 6.52. The number of imidazole rings is 1. The van der Waals surface area contributed by atoms with E-state index in [1.54, 1.807) is 12.5 Å². The van der Waals surface area contributed by atoms with E-state index in [0.29, 0.717) is 25.9 Å². The van der Waals surface area contributed by atoms with Gasteiger partial charge in [0, 0.05) is 38.1 Å². The first-order valence-corrected chi connectivity index (χ1v) is 8.04. The molecule has 118 valence electrons. The van der Waals surface area contributed by atoms with E-state index in [-0.39, 0.29) is 12.6 Å². The van der Waals surface area contributed by atoms with Gasteiger partial charge in [-0.3, -0.25) is 4.79 Å². The number of carbonyl (C=O) groups is 1. The summed E-state index contributed by atoms with van der Waals surface area (Å²) in [6.45, 7) is 0.431. The number of carboxylic acids is 1. The van der Waals surface area contributed by atoms with E-state index in [1.165, 1.54) is 4.31 Å². The van der Waals surface area contributed by atoms with Crippen LogP contribution >= 0.6 is 0 Å². The highest BCUT2D eigenvalue weighted by molar-refractivity contribution is 7.87. The van der Waals surface area contributed by atoms with E-state index < -0.39 is 22.2 Å². The number of nitrogens with zero attached hydrogens (tertiary/aromatic N) is 3. The van der Waals surface area contributed by atoms with Gasteiger partial charge in [-0.25, -0.2) is 4.98 Å². The highest BCUT2D eigenvalue weighted by Gasteiger charge is 2.29. The summed E-state index contributed by atoms with van der Waals surface area (Å²) in [4.78, 5) is 14.6. The van der Waals surface area contributed by atoms with Crippen LogP contribution < -0.4 is 10.5 Å². The molecule has 0 bridgehead atoms. The fourth-order valence-electron chi connectivity index (χ4n) is 2.24. The predicted octanol–water partition coefficient (Wildman–Crippen LogP) is -1.23. The Labute approximate surface area is 122 Å². The zero-order chi connectivity index (χ0) is 15.5. The molecule has 1 atom stereocenters. The molecular weight excluding hydrogens is 298 g/mol. The number of piperidine rings is 1. The highest BCUT2D eigenvalue weighted by Crippen LogP contribution is 2.23. The van der Waals surface area contributed by atoms with Gasteiger partial charge >= 0.3 is 5.97 Å². The van der Waals surface area contributed by atoms with Gasteiger partial charge in [0.2, 0.25) is 0 Å². The summed E-state index contributed by atoms with van der Waals surface area (Å²) >= 11 is 0. The molecule has 0 aromatic carbocycles. The lowest BCUT2D eigenvalue weighted by molar-refractivity contribution is -0.138. The van der Waals surface area contributed by atoms with Crippen molar-refractivity contribution in [2.75, 3.05) is 19.6 Å². The van der Waals surface area contributed by atoms with Crippen molar-refractivity contribution in [2.45, 2.75) is 24.9 Å². The first kappa shape index (κ1) is 15.9. The Bertz CT molecular complexity index is 565. The van der Waals surface area contributed by atoms with Gasteiger partial charge in [0.05, 0.1) is 6.33 Å². The zero-order valence-corrected chi connectivity index (χ0v) is 12.2. The third-order valence-corrected chi connectivity index (χ3v) is 5.09. The van der Waals surface area contributed by atoms with E-state index in [0.717, 1.165) is 0 Å². The smallest absolute Gasteiger partial charge is 0.321 e. The van der Waals surface area contributed by atoms with E-state index in [9.17, 15) is 13.2 Å². The molecule has 0 saturated carbocycles. The van der Waals surface area contributed by atoms with Crippen molar-refractivity contribution < 1.29 is 18.3 Å². The standard InChI is InChI=1S/C11H19N5O4S/c12-10(11(17)18)7-14-21(19,20)16-4-1-9(2-5-16)15-6-3-13-8-15/h3,6,8-10,14H,1-2,4-5,7,12H2,(H,17,18)/t10-/m0/s1. The fourth-order valence-corrected chi connectivity index (χ4v) is 3.50. The van der Waals surface area contributed by atoms with Gasteiger partial charge in [-0.05, 0) is 12.8 Å². The Hall–Kier alpha value is -1.49. The fraction of sp³-hybridized carbons (Fsp3) is 0.636. The van der Waals surface area contributed by atoms with E-state index >= 15 is 0 Å². The third-order valence-electron chi connectivity index (χ3n) is 3.51. The molecule has 0 aliphatic carbocycles. The van der Waals surface area contributed by atoms with Crippen molar-refractivity contribution in [3.05, 3.63) is 18.7 Å². The lowest BCUT2D eigenvalue weighted by Crippen LogP contribution is -2.49. The van der Waals surface area contributed by atoms with Crippen molar-refractivity contribution in [1.29, 1.82) is 0 Å². The molecular formula is C11H19N5O4S. The number of nitrogens with two attached hydrogens (primary N) is 1. The molecule has 0 spiro atoms. The molecule has 1 aromatic heterocycles. The number of nitrogens with one attached hydrogen (secondary N) is 1. The van der Waals surface area contributed by atoms with Crippen LogP contribution in [-0.2, 0) is 15.0 Å². The summed E-state index contributed by atoms with van der Waals surface area (Å²) in [5, 5.41) is 8.65. The van der Waals surface area contributed by atoms with Gasteiger partial charge in [0.25, 0.3) is 10.2 Å². The lowest BCUT2D eigenvalue weighted by Gasteiger charge is -2.31. The minimum absolute atomic E-state index is 0.236. The maximum absolute atomic E-state index is 12.1. The number of hydrogen-bond donors (Lipinski definition) is 3. The molecule has 2 rings (SSSR count). The van der Waals surface area contributed by atoms with Crippen molar-refractivity contribution in [3.63, 3.8) is 0 Å². The minimum Gasteiger partial charge on any atom is -0.480 e. The highest BCUT2D eigenvalue weighted by atomic mass is 32.2. The summed E-state index contributed by atoms with van der Waals surface area (Å²) in [7, 11) is -3.69. The summed E-state index contributed by atoms with van der Waals surface area (Å²) in [6.07, 6.45) is 6.64. The van der Waals surface area contributed by atoms with E-state index in [4.69, 9.17) is 10.8 Å². The van der Waals surface area contributed by atoms with Crippen LogP contribution in [-0.4, -0.2) is 59.0 Å². The summed E-state index contributed by atoms with van der Waals surface area (Å²) in [6, 6.07) is -1.01. The monoisotopic (exact) mass is 317 g/mol.